The third kappa shape index (κ3) is 6.83. The number of amides is 2. The molecule has 1 saturated carbocycles. The molecule has 3 aromatic carbocycles. The summed E-state index contributed by atoms with van der Waals surface area (Å²) in [6.45, 7) is 0.236. The van der Waals surface area contributed by atoms with Gasteiger partial charge in [0.05, 0.1) is 45.7 Å². The Balaban J connectivity index is 1.49. The number of benzene rings is 3. The Labute approximate surface area is 256 Å². The highest BCUT2D eigenvalue weighted by Crippen LogP contribution is 2.39. The molecule has 2 amide bonds. The maximum Gasteiger partial charge on any atom is 0.250 e. The molecule has 0 atom stereocenters. The first-order valence-electron chi connectivity index (χ1n) is 14.4. The van der Waals surface area contributed by atoms with Crippen LogP contribution in [0, 0.1) is 0 Å². The van der Waals surface area contributed by atoms with Gasteiger partial charge in [-0.25, -0.2) is 4.98 Å². The van der Waals surface area contributed by atoms with Crippen molar-refractivity contribution in [3.05, 3.63) is 88.7 Å². The molecule has 43 heavy (non-hydrogen) atoms. The smallest absolute Gasteiger partial charge is 0.250 e. The van der Waals surface area contributed by atoms with Gasteiger partial charge < -0.3 is 24.4 Å². The molecule has 0 spiro atoms. The number of ether oxygens (including phenoxy) is 3. The van der Waals surface area contributed by atoms with Gasteiger partial charge in [0.15, 0.2) is 0 Å². The fraction of sp³-hybridized carbons (Fsp3) is 0.324. The van der Waals surface area contributed by atoms with Crippen molar-refractivity contribution in [2.45, 2.75) is 50.6 Å². The van der Waals surface area contributed by atoms with E-state index in [9.17, 15) is 9.59 Å². The Morgan fingerprint density at radius 2 is 1.58 bits per heavy atom. The second-order valence-corrected chi connectivity index (χ2v) is 11.6. The lowest BCUT2D eigenvalue weighted by Gasteiger charge is -2.45. The van der Waals surface area contributed by atoms with Crippen LogP contribution >= 0.6 is 11.3 Å². The second-order valence-electron chi connectivity index (χ2n) is 10.6. The molecular weight excluding hydrogens is 562 g/mol. The van der Waals surface area contributed by atoms with Gasteiger partial charge in [0.1, 0.15) is 27.8 Å². The lowest BCUT2D eigenvalue weighted by molar-refractivity contribution is -0.148. The molecule has 5 rings (SSSR count). The third-order valence-corrected chi connectivity index (χ3v) is 8.84. The molecule has 0 bridgehead atoms. The zero-order valence-corrected chi connectivity index (χ0v) is 25.6. The van der Waals surface area contributed by atoms with Crippen molar-refractivity contribution in [3.8, 4) is 28.5 Å². The van der Waals surface area contributed by atoms with E-state index < -0.39 is 5.54 Å². The minimum atomic E-state index is -1.04. The summed E-state index contributed by atoms with van der Waals surface area (Å²) in [6.07, 6.45) is 4.02. The van der Waals surface area contributed by atoms with E-state index in [4.69, 9.17) is 19.2 Å². The van der Waals surface area contributed by atoms with E-state index in [2.05, 4.69) is 5.32 Å². The number of nitrogens with one attached hydrogen (secondary N) is 1. The van der Waals surface area contributed by atoms with E-state index in [1.54, 1.807) is 44.4 Å². The topological polar surface area (TPSA) is 90.0 Å². The largest absolute Gasteiger partial charge is 0.497 e. The molecule has 4 aromatic rings. The molecular formula is C34H37N3O5S. The Bertz CT molecular complexity index is 1530. The summed E-state index contributed by atoms with van der Waals surface area (Å²) >= 11 is 1.49. The molecule has 0 radical (unpaired) electrons. The van der Waals surface area contributed by atoms with Crippen LogP contribution in [0.1, 0.15) is 42.7 Å². The molecule has 1 heterocycles. The van der Waals surface area contributed by atoms with Crippen LogP contribution in [0.25, 0.3) is 11.3 Å². The van der Waals surface area contributed by atoms with Crippen LogP contribution in [0.5, 0.6) is 17.2 Å². The number of rotatable bonds is 11. The molecule has 9 heteroatoms. The number of methoxy groups -OCH3 is 3. The Morgan fingerprint density at radius 3 is 2.26 bits per heavy atom. The molecule has 0 saturated heterocycles. The van der Waals surface area contributed by atoms with Crippen molar-refractivity contribution in [1.29, 1.82) is 0 Å². The number of hydrogen-bond acceptors (Lipinski definition) is 7. The van der Waals surface area contributed by atoms with Crippen LogP contribution in [0.15, 0.2) is 78.2 Å². The molecule has 224 valence electrons. The molecule has 1 fully saturated rings. The fourth-order valence-electron chi connectivity index (χ4n) is 5.65. The lowest BCUT2D eigenvalue weighted by Crippen LogP contribution is -2.60. The number of carbonyl (C=O) groups excluding carboxylic acids is 2. The highest BCUT2D eigenvalue weighted by molar-refractivity contribution is 7.09. The number of hydrogen-bond donors (Lipinski definition) is 1. The normalized spacial score (nSPS) is 14.0. The molecule has 8 nitrogen and oxygen atoms in total. The van der Waals surface area contributed by atoms with Gasteiger partial charge in [0.2, 0.25) is 11.8 Å². The van der Waals surface area contributed by atoms with Gasteiger partial charge >= 0.3 is 0 Å². The summed E-state index contributed by atoms with van der Waals surface area (Å²) < 4.78 is 16.2. The number of nitrogens with zero attached hydrogens (tertiary/aromatic N) is 2. The highest BCUT2D eigenvalue weighted by atomic mass is 32.1. The monoisotopic (exact) mass is 599 g/mol. The predicted molar refractivity (Wildman–Crippen MR) is 169 cm³/mol. The standard InChI is InChI=1S/C34H37N3O5S/c1-40-26-14-12-25(13-15-26)29-23-43-31(35-29)22-37(32(38)20-24-10-6-4-7-11-24)34(18-8-5-9-19-34)33(39)36-28-17-16-27(41-2)21-30(28)42-3/h4,6-7,10-17,21,23H,5,8-9,18-20,22H2,1-3H3,(H,36,39). The average Bonchev–Trinajstić information content (AvgIpc) is 3.53. The second kappa shape index (κ2) is 13.7. The highest BCUT2D eigenvalue weighted by Gasteiger charge is 2.47. The predicted octanol–water partition coefficient (Wildman–Crippen LogP) is 6.75. The lowest BCUT2D eigenvalue weighted by atomic mass is 9.78. The van der Waals surface area contributed by atoms with Crippen LogP contribution in [0.3, 0.4) is 0 Å². The minimum Gasteiger partial charge on any atom is -0.497 e. The van der Waals surface area contributed by atoms with E-state index >= 15 is 0 Å². The maximum atomic E-state index is 14.4. The van der Waals surface area contributed by atoms with E-state index in [0.717, 1.165) is 46.8 Å². The minimum absolute atomic E-state index is 0.105. The number of aromatic nitrogens is 1. The molecule has 1 N–H and O–H groups in total. The summed E-state index contributed by atoms with van der Waals surface area (Å²) in [7, 11) is 4.78. The summed E-state index contributed by atoms with van der Waals surface area (Å²) in [4.78, 5) is 35.2. The van der Waals surface area contributed by atoms with Crippen molar-refractivity contribution >= 4 is 28.8 Å². The van der Waals surface area contributed by atoms with Gasteiger partial charge in [0.25, 0.3) is 0 Å². The number of thiazole rings is 1. The number of carbonyl (C=O) groups is 2. The fourth-order valence-corrected chi connectivity index (χ4v) is 6.45. The van der Waals surface area contributed by atoms with Crippen molar-refractivity contribution in [2.75, 3.05) is 26.6 Å². The van der Waals surface area contributed by atoms with Gasteiger partial charge in [0, 0.05) is 17.0 Å². The maximum absolute atomic E-state index is 14.4. The van der Waals surface area contributed by atoms with E-state index in [0.29, 0.717) is 30.0 Å². The molecule has 1 aromatic heterocycles. The molecule has 0 aliphatic heterocycles. The summed E-state index contributed by atoms with van der Waals surface area (Å²) in [5.74, 6) is 1.56. The first-order chi connectivity index (χ1) is 21.0. The van der Waals surface area contributed by atoms with Gasteiger partial charge in [-0.05, 0) is 54.8 Å². The summed E-state index contributed by atoms with van der Waals surface area (Å²) in [6, 6.07) is 22.7. The van der Waals surface area contributed by atoms with E-state index in [1.807, 2.05) is 60.0 Å². The van der Waals surface area contributed by atoms with Crippen LogP contribution in [0.4, 0.5) is 5.69 Å². The first kappa shape index (κ1) is 30.1. The van der Waals surface area contributed by atoms with Gasteiger partial charge in [-0.3, -0.25) is 9.59 Å². The molecule has 1 aliphatic carbocycles. The van der Waals surface area contributed by atoms with Crippen molar-refractivity contribution < 1.29 is 23.8 Å². The van der Waals surface area contributed by atoms with Crippen molar-refractivity contribution in [2.24, 2.45) is 0 Å². The van der Waals surface area contributed by atoms with Gasteiger partial charge in [-0.2, -0.15) is 0 Å². The third-order valence-electron chi connectivity index (χ3n) is 8.01. The van der Waals surface area contributed by atoms with Crippen LogP contribution in [0.2, 0.25) is 0 Å². The van der Waals surface area contributed by atoms with Gasteiger partial charge in [-0.15, -0.1) is 11.3 Å². The van der Waals surface area contributed by atoms with Crippen LogP contribution in [-0.4, -0.2) is 48.6 Å². The van der Waals surface area contributed by atoms with Crippen LogP contribution in [-0.2, 0) is 22.6 Å². The van der Waals surface area contributed by atoms with Crippen molar-refractivity contribution in [1.82, 2.24) is 9.88 Å². The van der Waals surface area contributed by atoms with Crippen LogP contribution < -0.4 is 19.5 Å². The zero-order chi connectivity index (χ0) is 30.2. The van der Waals surface area contributed by atoms with Crippen molar-refractivity contribution in [3.63, 3.8) is 0 Å². The SMILES string of the molecule is COc1ccc(-c2csc(CN(C(=O)Cc3ccccc3)C3(C(=O)Nc4ccc(OC)cc4OC)CCCCC3)n2)cc1. The van der Waals surface area contributed by atoms with E-state index in [-0.39, 0.29) is 24.8 Å². The Morgan fingerprint density at radius 1 is 0.884 bits per heavy atom. The quantitative estimate of drug-likeness (QED) is 0.205. The Kier molecular flexibility index (Phi) is 9.61. The zero-order valence-electron chi connectivity index (χ0n) is 24.8. The average molecular weight is 600 g/mol. The van der Waals surface area contributed by atoms with E-state index in [1.165, 1.54) is 11.3 Å². The van der Waals surface area contributed by atoms with Gasteiger partial charge in [-0.1, -0.05) is 49.6 Å². The molecule has 0 unspecified atom stereocenters. The Hall–Kier alpha value is -4.37. The molecule has 1 aliphatic rings. The number of anilines is 1. The summed E-state index contributed by atoms with van der Waals surface area (Å²) in [5, 5.41) is 5.87. The summed E-state index contributed by atoms with van der Waals surface area (Å²) in [5.41, 5.74) is 2.18. The first-order valence-corrected chi connectivity index (χ1v) is 15.3.